The Morgan fingerprint density at radius 3 is 2.79 bits per heavy atom. The van der Waals surface area contributed by atoms with Crippen molar-refractivity contribution in [2.24, 2.45) is 0 Å². The molecule has 0 unspecified atom stereocenters. The van der Waals surface area contributed by atoms with Gasteiger partial charge in [0.05, 0.1) is 16.3 Å². The Hall–Kier alpha value is -1.44. The summed E-state index contributed by atoms with van der Waals surface area (Å²) in [5.41, 5.74) is 1.65. The van der Waals surface area contributed by atoms with Crippen LogP contribution in [0.2, 0.25) is 0 Å². The number of thioether (sulfide) groups is 1. The lowest BCUT2D eigenvalue weighted by Crippen LogP contribution is -2.07. The van der Waals surface area contributed by atoms with Crippen LogP contribution in [0.4, 0.5) is 0 Å². The minimum absolute atomic E-state index is 0.0492. The molecule has 0 saturated carbocycles. The van der Waals surface area contributed by atoms with E-state index < -0.39 is 9.84 Å². The van der Waals surface area contributed by atoms with E-state index in [1.165, 1.54) is 23.1 Å². The summed E-state index contributed by atoms with van der Waals surface area (Å²) < 4.78 is 25.7. The van der Waals surface area contributed by atoms with Gasteiger partial charge in [-0.1, -0.05) is 42.5 Å². The van der Waals surface area contributed by atoms with Crippen LogP contribution in [0.3, 0.4) is 0 Å². The van der Waals surface area contributed by atoms with Gasteiger partial charge in [-0.2, -0.15) is 0 Å². The van der Waals surface area contributed by atoms with Gasteiger partial charge in [0.1, 0.15) is 4.21 Å². The molecule has 0 aliphatic carbocycles. The van der Waals surface area contributed by atoms with Gasteiger partial charge in [0.2, 0.25) is 0 Å². The molecule has 0 bridgehead atoms. The topological polar surface area (TPSA) is 59.9 Å². The van der Waals surface area contributed by atoms with Crippen LogP contribution in [0, 0.1) is 0 Å². The van der Waals surface area contributed by atoms with Gasteiger partial charge in [0, 0.05) is 6.20 Å². The molecule has 0 aliphatic heterocycles. The fraction of sp³-hybridized carbons (Fsp3) is 0.294. The van der Waals surface area contributed by atoms with Crippen molar-refractivity contribution in [1.29, 1.82) is 0 Å². The number of sulfone groups is 1. The maximum absolute atomic E-state index is 12.6. The minimum Gasteiger partial charge on any atom is -0.231 e. The first kappa shape index (κ1) is 18.9. The highest BCUT2D eigenvalue weighted by Crippen LogP contribution is 2.31. The lowest BCUT2D eigenvalue weighted by molar-refractivity contribution is 0.599. The molecule has 2 heterocycles. The Bertz CT molecular complexity index is 852. The Balaban J connectivity index is 2.28. The maximum atomic E-state index is 12.6. The van der Waals surface area contributed by atoms with Gasteiger partial charge in [-0.05, 0) is 37.8 Å². The average Bonchev–Trinajstić information content (AvgIpc) is 3.09. The van der Waals surface area contributed by atoms with Gasteiger partial charge in [-0.25, -0.2) is 18.4 Å². The molecule has 2 rings (SSSR count). The summed E-state index contributed by atoms with van der Waals surface area (Å²) in [7, 11) is -3.34. The molecule has 4 nitrogen and oxygen atoms in total. The van der Waals surface area contributed by atoms with Crippen molar-refractivity contribution < 1.29 is 8.42 Å². The summed E-state index contributed by atoms with van der Waals surface area (Å²) in [5, 5.41) is 0.674. The van der Waals surface area contributed by atoms with E-state index in [-0.39, 0.29) is 5.75 Å². The van der Waals surface area contributed by atoms with Crippen molar-refractivity contribution in [2.45, 2.75) is 29.6 Å². The van der Waals surface area contributed by atoms with Crippen molar-refractivity contribution >= 4 is 32.9 Å². The Labute approximate surface area is 151 Å². The van der Waals surface area contributed by atoms with E-state index >= 15 is 0 Å². The van der Waals surface area contributed by atoms with Crippen LogP contribution < -0.4 is 0 Å². The predicted molar refractivity (Wildman–Crippen MR) is 102 cm³/mol. The number of allylic oxidation sites excluding steroid dienone is 3. The number of hydrogen-bond acceptors (Lipinski definition) is 6. The molecule has 7 heteroatoms. The molecule has 128 valence electrons. The minimum atomic E-state index is -3.34. The molecule has 24 heavy (non-hydrogen) atoms. The Kier molecular flexibility index (Phi) is 6.77. The van der Waals surface area contributed by atoms with Gasteiger partial charge >= 0.3 is 0 Å². The second kappa shape index (κ2) is 8.60. The number of aromatic nitrogens is 2. The number of hydrogen-bond donors (Lipinski definition) is 0. The van der Waals surface area contributed by atoms with Gasteiger partial charge in [-0.3, -0.25) is 0 Å². The summed E-state index contributed by atoms with van der Waals surface area (Å²) in [6.45, 7) is 3.88. The lowest BCUT2D eigenvalue weighted by Gasteiger charge is -2.04. The highest BCUT2D eigenvalue weighted by Gasteiger charge is 2.19. The van der Waals surface area contributed by atoms with Crippen LogP contribution in [-0.4, -0.2) is 30.4 Å². The molecule has 0 saturated heterocycles. The summed E-state index contributed by atoms with van der Waals surface area (Å²) in [4.78, 5) is 9.40. The third-order valence-electron chi connectivity index (χ3n) is 3.31. The molecule has 2 aromatic rings. The molecule has 0 N–H and O–H groups in total. The van der Waals surface area contributed by atoms with E-state index in [0.717, 1.165) is 16.1 Å². The number of rotatable bonds is 7. The van der Waals surface area contributed by atoms with E-state index in [4.69, 9.17) is 0 Å². The fourth-order valence-electron chi connectivity index (χ4n) is 2.02. The second-order valence-corrected chi connectivity index (χ2v) is 9.08. The maximum Gasteiger partial charge on any atom is 0.191 e. The summed E-state index contributed by atoms with van der Waals surface area (Å²) >= 11 is 2.71. The molecule has 0 spiro atoms. The third kappa shape index (κ3) is 4.78. The molecule has 0 amide bonds. The SMILES string of the molecule is C/C=C\C=C(/CC)CS(=O)(=O)c1ccc(-c2ccnc(SC)n2)s1. The molecule has 0 atom stereocenters. The third-order valence-corrected chi connectivity index (χ3v) is 7.29. The Morgan fingerprint density at radius 2 is 2.12 bits per heavy atom. The first-order chi connectivity index (χ1) is 11.5. The van der Waals surface area contributed by atoms with Crippen LogP contribution in [-0.2, 0) is 9.84 Å². The molecule has 0 radical (unpaired) electrons. The zero-order valence-electron chi connectivity index (χ0n) is 13.9. The van der Waals surface area contributed by atoms with Crippen LogP contribution in [0.25, 0.3) is 10.6 Å². The number of thiophene rings is 1. The normalized spacial score (nSPS) is 12.9. The van der Waals surface area contributed by atoms with Gasteiger partial charge < -0.3 is 0 Å². The quantitative estimate of drug-likeness (QED) is 0.399. The first-order valence-electron chi connectivity index (χ1n) is 7.51. The van der Waals surface area contributed by atoms with E-state index in [0.29, 0.717) is 15.8 Å². The van der Waals surface area contributed by atoms with Crippen LogP contribution >= 0.6 is 23.1 Å². The number of nitrogens with zero attached hydrogens (tertiary/aromatic N) is 2. The second-order valence-electron chi connectivity index (χ2n) is 5.01. The van der Waals surface area contributed by atoms with Gasteiger partial charge in [0.15, 0.2) is 15.0 Å². The largest absolute Gasteiger partial charge is 0.231 e. The Morgan fingerprint density at radius 1 is 1.33 bits per heavy atom. The van der Waals surface area contributed by atoms with Crippen LogP contribution in [0.1, 0.15) is 20.3 Å². The standard InChI is InChI=1S/C17H20N2O2S3/c1-4-6-7-13(5-2)12-24(20,21)16-9-8-15(23-16)14-10-11-18-17(19-14)22-3/h4,6-11H,5,12H2,1-3H3/b6-4-,13-7+. The van der Waals surface area contributed by atoms with Crippen molar-refractivity contribution in [1.82, 2.24) is 9.97 Å². The van der Waals surface area contributed by atoms with Crippen molar-refractivity contribution in [3.63, 3.8) is 0 Å². The van der Waals surface area contributed by atoms with Crippen LogP contribution in [0.15, 0.2) is 57.6 Å². The van der Waals surface area contributed by atoms with Crippen molar-refractivity contribution in [3.8, 4) is 10.6 Å². The lowest BCUT2D eigenvalue weighted by atomic mass is 10.2. The first-order valence-corrected chi connectivity index (χ1v) is 11.2. The van der Waals surface area contributed by atoms with Crippen molar-refractivity contribution in [3.05, 3.63) is 48.2 Å². The average molecular weight is 381 g/mol. The highest BCUT2D eigenvalue weighted by molar-refractivity contribution is 7.98. The fourth-order valence-corrected chi connectivity index (χ4v) is 5.24. The summed E-state index contributed by atoms with van der Waals surface area (Å²) in [5.74, 6) is 0.0492. The molecule has 2 aromatic heterocycles. The van der Waals surface area contributed by atoms with E-state index in [9.17, 15) is 8.42 Å². The molecular weight excluding hydrogens is 360 g/mol. The van der Waals surface area contributed by atoms with E-state index in [1.807, 2.05) is 44.4 Å². The highest BCUT2D eigenvalue weighted by atomic mass is 32.2. The van der Waals surface area contributed by atoms with Crippen molar-refractivity contribution in [2.75, 3.05) is 12.0 Å². The molecule has 0 fully saturated rings. The van der Waals surface area contributed by atoms with Crippen LogP contribution in [0.5, 0.6) is 0 Å². The predicted octanol–water partition coefficient (Wildman–Crippen LogP) is 4.61. The van der Waals surface area contributed by atoms with E-state index in [2.05, 4.69) is 9.97 Å². The zero-order chi connectivity index (χ0) is 17.6. The van der Waals surface area contributed by atoms with Gasteiger partial charge in [-0.15, -0.1) is 11.3 Å². The summed E-state index contributed by atoms with van der Waals surface area (Å²) in [6.07, 6.45) is 9.96. The molecule has 0 aromatic carbocycles. The van der Waals surface area contributed by atoms with E-state index in [1.54, 1.807) is 18.3 Å². The van der Waals surface area contributed by atoms with Gasteiger partial charge in [0.25, 0.3) is 0 Å². The monoisotopic (exact) mass is 380 g/mol. The zero-order valence-corrected chi connectivity index (χ0v) is 16.3. The molecular formula is C17H20N2O2S3. The summed E-state index contributed by atoms with van der Waals surface area (Å²) in [6, 6.07) is 5.27. The molecule has 0 aliphatic rings. The smallest absolute Gasteiger partial charge is 0.191 e.